The van der Waals surface area contributed by atoms with E-state index in [0.717, 1.165) is 17.8 Å². The predicted octanol–water partition coefficient (Wildman–Crippen LogP) is 3.84. The smallest absolute Gasteiger partial charge is 0.0359 e. The molecular weight excluding hydrogens is 252 g/mol. The maximum atomic E-state index is 5.94. The van der Waals surface area contributed by atoms with Crippen molar-refractivity contribution in [1.82, 2.24) is 5.32 Å². The van der Waals surface area contributed by atoms with Crippen LogP contribution in [0.4, 0.5) is 5.69 Å². The van der Waals surface area contributed by atoms with Gasteiger partial charge in [0.05, 0.1) is 0 Å². The third-order valence-electron chi connectivity index (χ3n) is 3.27. The van der Waals surface area contributed by atoms with Crippen LogP contribution in [0.3, 0.4) is 0 Å². The summed E-state index contributed by atoms with van der Waals surface area (Å²) >= 11 is 1.76. The molecule has 0 aliphatic carbocycles. The van der Waals surface area contributed by atoms with Gasteiger partial charge in [0, 0.05) is 23.2 Å². The molecule has 0 radical (unpaired) electrons. The highest BCUT2D eigenvalue weighted by atomic mass is 32.2. The summed E-state index contributed by atoms with van der Waals surface area (Å²) in [6.45, 7) is 2.96. The molecule has 100 valence electrons. The van der Waals surface area contributed by atoms with Crippen LogP contribution in [0.15, 0.2) is 53.4 Å². The van der Waals surface area contributed by atoms with E-state index in [2.05, 4.69) is 48.8 Å². The first kappa shape index (κ1) is 14.0. The normalized spacial score (nSPS) is 12.3. The summed E-state index contributed by atoms with van der Waals surface area (Å²) in [6.07, 6.45) is 2.09. The summed E-state index contributed by atoms with van der Waals surface area (Å²) in [7, 11) is 0. The van der Waals surface area contributed by atoms with Gasteiger partial charge in [-0.25, -0.2) is 0 Å². The number of thioether (sulfide) groups is 1. The molecule has 2 nitrogen and oxygen atoms in total. The van der Waals surface area contributed by atoms with Crippen LogP contribution in [0, 0.1) is 0 Å². The van der Waals surface area contributed by atoms with Crippen LogP contribution >= 0.6 is 11.8 Å². The van der Waals surface area contributed by atoms with Gasteiger partial charge < -0.3 is 11.1 Å². The minimum atomic E-state index is 0.315. The first-order chi connectivity index (χ1) is 9.20. The highest BCUT2D eigenvalue weighted by molar-refractivity contribution is 7.98. The zero-order chi connectivity index (χ0) is 13.7. The van der Waals surface area contributed by atoms with Gasteiger partial charge in [-0.1, -0.05) is 30.3 Å². The van der Waals surface area contributed by atoms with Crippen molar-refractivity contribution in [2.24, 2.45) is 0 Å². The first-order valence-electron chi connectivity index (χ1n) is 6.41. The molecule has 0 aromatic heterocycles. The van der Waals surface area contributed by atoms with Crippen molar-refractivity contribution in [2.45, 2.75) is 24.4 Å². The van der Waals surface area contributed by atoms with E-state index in [1.54, 1.807) is 11.8 Å². The molecule has 2 rings (SSSR count). The second kappa shape index (κ2) is 6.64. The Hall–Kier alpha value is -1.45. The summed E-state index contributed by atoms with van der Waals surface area (Å²) < 4.78 is 0. The Kier molecular flexibility index (Phi) is 4.88. The minimum absolute atomic E-state index is 0.315. The van der Waals surface area contributed by atoms with Crippen LogP contribution in [0.2, 0.25) is 0 Å². The molecule has 0 amide bonds. The summed E-state index contributed by atoms with van der Waals surface area (Å²) in [5, 5.41) is 3.51. The van der Waals surface area contributed by atoms with Crippen LogP contribution in [0.1, 0.15) is 24.1 Å². The van der Waals surface area contributed by atoms with E-state index < -0.39 is 0 Å². The van der Waals surface area contributed by atoms with Crippen molar-refractivity contribution in [3.8, 4) is 0 Å². The Bertz CT molecular complexity index is 523. The van der Waals surface area contributed by atoms with Crippen LogP contribution in [0.5, 0.6) is 0 Å². The van der Waals surface area contributed by atoms with Crippen molar-refractivity contribution in [1.29, 1.82) is 0 Å². The fourth-order valence-corrected chi connectivity index (χ4v) is 2.38. The molecule has 1 unspecified atom stereocenters. The molecule has 0 aliphatic rings. The van der Waals surface area contributed by atoms with Crippen LogP contribution in [-0.2, 0) is 6.54 Å². The molecule has 0 fully saturated rings. The Morgan fingerprint density at radius 1 is 1.11 bits per heavy atom. The highest BCUT2D eigenvalue weighted by Gasteiger charge is 2.05. The SMILES string of the molecule is CSc1ccc(C(C)NCc2ccccc2N)cc1. The molecule has 0 saturated heterocycles. The molecule has 0 bridgehead atoms. The van der Waals surface area contributed by atoms with Gasteiger partial charge >= 0.3 is 0 Å². The van der Waals surface area contributed by atoms with Gasteiger partial charge in [0.1, 0.15) is 0 Å². The van der Waals surface area contributed by atoms with Crippen LogP contribution in [0.25, 0.3) is 0 Å². The molecule has 0 saturated carbocycles. The second-order valence-corrected chi connectivity index (χ2v) is 5.45. The van der Waals surface area contributed by atoms with Crippen molar-refractivity contribution < 1.29 is 0 Å². The Morgan fingerprint density at radius 2 is 1.79 bits per heavy atom. The van der Waals surface area contributed by atoms with E-state index in [1.807, 2.05) is 18.2 Å². The minimum Gasteiger partial charge on any atom is -0.398 e. The molecule has 3 N–H and O–H groups in total. The van der Waals surface area contributed by atoms with Gasteiger partial charge in [-0.15, -0.1) is 11.8 Å². The van der Waals surface area contributed by atoms with Crippen LogP contribution < -0.4 is 11.1 Å². The number of benzene rings is 2. The zero-order valence-corrected chi connectivity index (χ0v) is 12.2. The number of anilines is 1. The number of rotatable bonds is 5. The Morgan fingerprint density at radius 3 is 2.42 bits per heavy atom. The fraction of sp³-hybridized carbons (Fsp3) is 0.250. The molecule has 3 heteroatoms. The topological polar surface area (TPSA) is 38.0 Å². The van der Waals surface area contributed by atoms with E-state index in [4.69, 9.17) is 5.73 Å². The summed E-state index contributed by atoms with van der Waals surface area (Å²) in [6, 6.07) is 17.0. The third-order valence-corrected chi connectivity index (χ3v) is 4.01. The maximum Gasteiger partial charge on any atom is 0.0359 e. The zero-order valence-electron chi connectivity index (χ0n) is 11.4. The molecular formula is C16H20N2S. The van der Waals surface area contributed by atoms with Gasteiger partial charge in [0.15, 0.2) is 0 Å². The van der Waals surface area contributed by atoms with E-state index in [0.29, 0.717) is 6.04 Å². The van der Waals surface area contributed by atoms with E-state index in [1.165, 1.54) is 10.5 Å². The monoisotopic (exact) mass is 272 g/mol. The molecule has 1 atom stereocenters. The molecule has 0 heterocycles. The molecule has 0 spiro atoms. The van der Waals surface area contributed by atoms with E-state index in [-0.39, 0.29) is 0 Å². The summed E-state index contributed by atoms with van der Waals surface area (Å²) in [5.74, 6) is 0. The molecule has 19 heavy (non-hydrogen) atoms. The maximum absolute atomic E-state index is 5.94. The van der Waals surface area contributed by atoms with Crippen molar-refractivity contribution in [2.75, 3.05) is 12.0 Å². The second-order valence-electron chi connectivity index (χ2n) is 4.57. The van der Waals surface area contributed by atoms with E-state index in [9.17, 15) is 0 Å². The number of hydrogen-bond acceptors (Lipinski definition) is 3. The number of para-hydroxylation sites is 1. The number of nitrogens with one attached hydrogen (secondary N) is 1. The van der Waals surface area contributed by atoms with E-state index >= 15 is 0 Å². The number of hydrogen-bond donors (Lipinski definition) is 2. The largest absolute Gasteiger partial charge is 0.398 e. The van der Waals surface area contributed by atoms with Gasteiger partial charge in [0.2, 0.25) is 0 Å². The summed E-state index contributed by atoms with van der Waals surface area (Å²) in [4.78, 5) is 1.29. The van der Waals surface area contributed by atoms with Crippen molar-refractivity contribution in [3.63, 3.8) is 0 Å². The average molecular weight is 272 g/mol. The standard InChI is InChI=1S/C16H20N2S/c1-12(13-7-9-15(19-2)10-8-13)18-11-14-5-3-4-6-16(14)17/h3-10,12,18H,11,17H2,1-2H3. The summed E-state index contributed by atoms with van der Waals surface area (Å²) in [5.41, 5.74) is 9.23. The van der Waals surface area contributed by atoms with Gasteiger partial charge in [-0.05, 0) is 42.5 Å². The fourth-order valence-electron chi connectivity index (χ4n) is 1.97. The quantitative estimate of drug-likeness (QED) is 0.641. The van der Waals surface area contributed by atoms with Gasteiger partial charge in [0.25, 0.3) is 0 Å². The van der Waals surface area contributed by atoms with Gasteiger partial charge in [-0.2, -0.15) is 0 Å². The lowest BCUT2D eigenvalue weighted by atomic mass is 10.1. The number of nitrogen functional groups attached to an aromatic ring is 1. The molecule has 2 aromatic carbocycles. The lowest BCUT2D eigenvalue weighted by Crippen LogP contribution is -2.18. The predicted molar refractivity (Wildman–Crippen MR) is 84.3 cm³/mol. The number of nitrogens with two attached hydrogens (primary N) is 1. The van der Waals surface area contributed by atoms with Crippen molar-refractivity contribution in [3.05, 3.63) is 59.7 Å². The van der Waals surface area contributed by atoms with Crippen LogP contribution in [-0.4, -0.2) is 6.26 Å². The lowest BCUT2D eigenvalue weighted by molar-refractivity contribution is 0.575. The highest BCUT2D eigenvalue weighted by Crippen LogP contribution is 2.19. The Labute approximate surface area is 119 Å². The molecule has 0 aliphatic heterocycles. The van der Waals surface area contributed by atoms with Crippen molar-refractivity contribution >= 4 is 17.4 Å². The first-order valence-corrected chi connectivity index (χ1v) is 7.64. The third kappa shape index (κ3) is 3.75. The van der Waals surface area contributed by atoms with Gasteiger partial charge in [-0.3, -0.25) is 0 Å². The molecule has 2 aromatic rings. The average Bonchev–Trinajstić information content (AvgIpc) is 2.46. The Balaban J connectivity index is 1.97. The lowest BCUT2D eigenvalue weighted by Gasteiger charge is -2.15.